The third-order valence-corrected chi connectivity index (χ3v) is 20.5. The number of hydrogen-bond acceptors (Lipinski definition) is 23. The van der Waals surface area contributed by atoms with Gasteiger partial charge in [0.15, 0.2) is 0 Å². The number of nitrogens with zero attached hydrogens (tertiary/aromatic N) is 12. The average molecular weight is 1970 g/mol. The number of pyridine rings is 8. The van der Waals surface area contributed by atoms with Crippen LogP contribution in [0.2, 0.25) is 20.5 Å². The Balaban J connectivity index is 0.000000193. The fraction of sp³-hybridized carbons (Fsp3) is 0.144. The predicted octanol–water partition coefficient (Wildman–Crippen LogP) is 15.3. The topological polar surface area (TPSA) is 423 Å². The number of aliphatic hydroxyl groups is 1. The summed E-state index contributed by atoms with van der Waals surface area (Å²) in [5, 5.41) is 57.2. The first kappa shape index (κ1) is 104. The molecule has 0 fully saturated rings. The number of halogens is 9. The van der Waals surface area contributed by atoms with Gasteiger partial charge in [-0.15, -0.1) is 0 Å². The Hall–Kier alpha value is -13.7. The molecule has 0 saturated carbocycles. The standard InChI is InChI=1S/C22H20BBrFN5O2.C22H21BFN5O2.C21H19BFN5O2.C21H17BrFN5O.C2HF3O.CH4O.CH4.BHNS/c1-23(32)27-12-18(31)28-21-17(24)11-16-19(13-7-9-26-10-8-13)20(30(2)22(16)29-21)14-3-5-15(25)6-4-14;1-23(31)26-13-19(30)27-18-8-7-17-20(14-9-11-25-12-10-14)21(29(2)22(17)28-18)15-3-5-16(24)6-4-15;1-22(30)25-12-18(29)26-17-7-6-16-19(13-8-10-24-11-9-13)20(28-21(16)27-17)14-2-4-15(23)5-3-14;1-28-19(13-2-4-14(23)5-3-13)18(12-6-8-25-9-7-12)15-10-16(22)20(27-21(15)28)26-17(29)11-24;3-2(4,5)1-6;1-2;;1-2-3/h3-11,27,32H,12H2,1-2H3,(H,28,29,31);3-12,26,31H,13H2,1-2H3,(H,27,28,30);2-11,25,30H,12H2,1H3,(H2,26,27,28,29);2-10H,11,24H2,1H3,(H,26,27,29);1H;2H,1H3;1H4;3H. The molecule has 16 rings (SSSR count). The number of carbonyl (C=O) groups excluding carboxylic acids is 5. The van der Waals surface area contributed by atoms with Crippen LogP contribution in [-0.2, 0) is 45.1 Å². The molecule has 1 radical (unpaired) electrons. The number of aromatic amines is 1. The zero-order valence-corrected chi connectivity index (χ0v) is 75.8. The molecule has 30 nitrogen and oxygen atoms in total. The van der Waals surface area contributed by atoms with Crippen molar-refractivity contribution in [1.29, 1.82) is 0 Å². The summed E-state index contributed by atoms with van der Waals surface area (Å²) in [7, 11) is 8.64. The summed E-state index contributed by atoms with van der Waals surface area (Å²) < 4.78 is 95.0. The van der Waals surface area contributed by atoms with E-state index in [1.165, 1.54) is 62.2 Å². The Morgan fingerprint density at radius 3 is 1.05 bits per heavy atom. The van der Waals surface area contributed by atoms with E-state index in [9.17, 15) is 65.0 Å². The van der Waals surface area contributed by atoms with E-state index in [2.05, 4.69) is 133 Å². The molecule has 0 atom stereocenters. The molecule has 4 amide bonds. The molecule has 0 aliphatic rings. The Labute approximate surface area is 788 Å². The summed E-state index contributed by atoms with van der Waals surface area (Å²) in [6.07, 6.45) is 8.04. The minimum absolute atomic E-state index is 0. The van der Waals surface area contributed by atoms with Crippen molar-refractivity contribution >= 4 is 171 Å². The van der Waals surface area contributed by atoms with Gasteiger partial charge < -0.3 is 81.5 Å². The fourth-order valence-corrected chi connectivity index (χ4v) is 14.5. The van der Waals surface area contributed by atoms with Crippen molar-refractivity contribution in [3.05, 3.63) is 264 Å². The molecule has 134 heavy (non-hydrogen) atoms. The van der Waals surface area contributed by atoms with Gasteiger partial charge in [-0.25, -0.2) is 37.5 Å². The number of anilines is 4. The zero-order chi connectivity index (χ0) is 96.3. The minimum atomic E-state index is -4.64. The van der Waals surface area contributed by atoms with Gasteiger partial charge in [0.2, 0.25) is 29.9 Å². The number of H-pyrrole nitrogens is 1. The number of aryl methyl sites for hydroxylation is 3. The Morgan fingerprint density at radius 2 is 0.731 bits per heavy atom. The van der Waals surface area contributed by atoms with Crippen LogP contribution in [0, 0.1) is 23.3 Å². The van der Waals surface area contributed by atoms with Crippen molar-refractivity contribution in [2.75, 3.05) is 54.6 Å². The van der Waals surface area contributed by atoms with Crippen molar-refractivity contribution in [1.82, 2.24) is 74.2 Å². The number of nitrogens with two attached hydrogens (primary N) is 1. The summed E-state index contributed by atoms with van der Waals surface area (Å²) >= 11 is 10.2. The number of alkyl halides is 3. The summed E-state index contributed by atoms with van der Waals surface area (Å²) in [4.78, 5) is 95.1. The first-order valence-corrected chi connectivity index (χ1v) is 42.0. The van der Waals surface area contributed by atoms with Gasteiger partial charge in [-0.1, -0.05) is 7.43 Å². The van der Waals surface area contributed by atoms with Crippen LogP contribution in [0.4, 0.5) is 54.0 Å². The zero-order valence-electron chi connectivity index (χ0n) is 71.8. The Morgan fingerprint density at radius 1 is 0.448 bits per heavy atom. The van der Waals surface area contributed by atoms with Gasteiger partial charge in [-0.3, -0.25) is 43.9 Å². The van der Waals surface area contributed by atoms with Crippen molar-refractivity contribution in [3.63, 3.8) is 0 Å². The maximum absolute atomic E-state index is 13.6. The monoisotopic (exact) mass is 1970 g/mol. The number of thiol groups is 1. The molecule has 16 aromatic rings. The maximum atomic E-state index is 13.6. The molecular weight excluding hydrogens is 1890 g/mol. The van der Waals surface area contributed by atoms with Gasteiger partial charge in [-0.05, 0) is 279 Å². The molecule has 4 aromatic carbocycles. The van der Waals surface area contributed by atoms with E-state index < -0.39 is 33.6 Å². The van der Waals surface area contributed by atoms with Gasteiger partial charge >= 0.3 is 52.1 Å². The van der Waals surface area contributed by atoms with E-state index in [0.29, 0.717) is 54.8 Å². The summed E-state index contributed by atoms with van der Waals surface area (Å²) in [6.45, 7) is 4.35. The van der Waals surface area contributed by atoms with Crippen LogP contribution in [0.15, 0.2) is 245 Å². The third-order valence-electron chi connectivity index (χ3n) is 19.3. The number of aldehydes is 1. The number of fused-ring (bicyclic) bond motifs is 4. The van der Waals surface area contributed by atoms with Gasteiger partial charge in [0.05, 0.1) is 57.9 Å². The molecule has 12 aromatic heterocycles. The number of aliphatic hydroxyl groups excluding tert-OH is 1. The number of aromatic nitrogens is 12. The molecule has 0 spiro atoms. The van der Waals surface area contributed by atoms with Gasteiger partial charge in [0.25, 0.3) is 0 Å². The number of carbonyl (C=O) groups is 5. The van der Waals surface area contributed by atoms with Crippen LogP contribution in [0.25, 0.3) is 134 Å². The van der Waals surface area contributed by atoms with E-state index in [4.69, 9.17) is 20.6 Å². The first-order chi connectivity index (χ1) is 63.8. The van der Waals surface area contributed by atoms with E-state index in [-0.39, 0.29) is 80.5 Å². The van der Waals surface area contributed by atoms with Crippen molar-refractivity contribution < 1.29 is 74.9 Å². The van der Waals surface area contributed by atoms with E-state index >= 15 is 0 Å². The molecule has 0 aliphatic carbocycles. The SMILES string of the molecule is C.CB(O)NCC(=O)Nc1ccc2c(-c3ccncc3)c(-c3ccc(F)cc3)[nH]c2n1.CB(O)NCC(=O)Nc1ccc2c(-c3ccncc3)c(-c3ccc(F)cc3)n(C)c2n1.CB(O)NCC(=O)Nc1nc2c(cc1Br)c(-c1ccncc1)c(-c1ccc(F)cc1)n2C.CO.Cn1c(-c2ccc(F)cc2)c(-c2ccncc2)c2cc(Br)c(NC(=O)CN)nc21.O=CC(F)(F)F.[B]=NS. The Bertz CT molecular complexity index is 6720. The second-order valence-electron chi connectivity index (χ2n) is 28.6. The van der Waals surface area contributed by atoms with Crippen molar-refractivity contribution in [3.8, 4) is 89.5 Å². The molecular formula is C90H87B4Br2F7N21O9S. The second-order valence-corrected chi connectivity index (χ2v) is 30.5. The number of rotatable bonds is 22. The van der Waals surface area contributed by atoms with E-state index in [0.717, 1.165) is 118 Å². The van der Waals surface area contributed by atoms with E-state index in [1.54, 1.807) is 117 Å². The van der Waals surface area contributed by atoms with Gasteiger partial charge in [0.1, 0.15) is 69.1 Å². The number of hydrogen-bond donors (Lipinski definition) is 14. The van der Waals surface area contributed by atoms with Gasteiger partial charge in [-0.2, -0.15) is 13.2 Å². The molecule has 687 valence electrons. The van der Waals surface area contributed by atoms with Crippen LogP contribution < -0.4 is 42.7 Å². The quantitative estimate of drug-likeness (QED) is 0.0130. The molecule has 14 N–H and O–H groups in total. The van der Waals surface area contributed by atoms with Crippen molar-refractivity contribution in [2.45, 2.75) is 34.1 Å². The number of nitrogens with one attached hydrogen (secondary N) is 8. The first-order valence-electron chi connectivity index (χ1n) is 40.0. The molecule has 0 bridgehead atoms. The van der Waals surface area contributed by atoms with Crippen LogP contribution in [-0.4, -0.2) is 177 Å². The van der Waals surface area contributed by atoms with Gasteiger partial charge in [0, 0.05) is 122 Å². The number of benzene rings is 4. The third kappa shape index (κ3) is 27.3. The molecule has 12 heterocycles. The fourth-order valence-electron chi connectivity index (χ4n) is 13.7. The summed E-state index contributed by atoms with van der Waals surface area (Å²) in [5.74, 6) is -0.983. The molecule has 0 aliphatic heterocycles. The van der Waals surface area contributed by atoms with Crippen LogP contribution in [0.5, 0.6) is 0 Å². The summed E-state index contributed by atoms with van der Waals surface area (Å²) in [5.41, 5.74) is 22.3. The predicted molar refractivity (Wildman–Crippen MR) is 521 cm³/mol. The molecule has 44 heteroatoms. The molecule has 0 unspecified atom stereocenters. The second kappa shape index (κ2) is 49.2. The van der Waals surface area contributed by atoms with Crippen LogP contribution in [0.1, 0.15) is 7.43 Å². The average Bonchev–Trinajstić information content (AvgIpc) is 1.74. The normalized spacial score (nSPS) is 10.6. The van der Waals surface area contributed by atoms with E-state index in [1.807, 2.05) is 108 Å². The Kier molecular flexibility index (Phi) is 38.2. The van der Waals surface area contributed by atoms with Crippen molar-refractivity contribution in [2.24, 2.45) is 31.2 Å². The summed E-state index contributed by atoms with van der Waals surface area (Å²) in [6, 6.07) is 51.5. The molecule has 0 saturated heterocycles. The number of amides is 4. The van der Waals surface area contributed by atoms with Crippen LogP contribution >= 0.6 is 44.7 Å². The van der Waals surface area contributed by atoms with Crippen LogP contribution in [0.3, 0.4) is 0 Å².